The SMILES string of the molecule is COc1ccc(C2CC(=O)C3=C(C2)Nc2ccccc2N(C(C)=O)C3c2ccc(N3CCCCC3C)cc2OC)cc1. The fourth-order valence-electron chi connectivity index (χ4n) is 6.93. The van der Waals surface area contributed by atoms with E-state index in [1.807, 2.05) is 48.5 Å². The molecule has 7 heteroatoms. The summed E-state index contributed by atoms with van der Waals surface area (Å²) in [7, 11) is 3.32. The number of Topliss-reactive ketones (excluding diaryl/α,β-unsaturated/α-hetero) is 1. The second kappa shape index (κ2) is 11.6. The van der Waals surface area contributed by atoms with Crippen LogP contribution < -0.4 is 24.6 Å². The zero-order valence-corrected chi connectivity index (χ0v) is 24.9. The zero-order chi connectivity index (χ0) is 29.4. The normalized spacial score (nSPS) is 22.1. The summed E-state index contributed by atoms with van der Waals surface area (Å²) in [4.78, 5) is 31.9. The third-order valence-electron chi connectivity index (χ3n) is 9.06. The van der Waals surface area contributed by atoms with E-state index in [0.29, 0.717) is 30.2 Å². The molecule has 3 unspecified atom stereocenters. The van der Waals surface area contributed by atoms with E-state index in [0.717, 1.165) is 59.0 Å². The summed E-state index contributed by atoms with van der Waals surface area (Å²) in [5, 5.41) is 3.60. The Morgan fingerprint density at radius 2 is 1.74 bits per heavy atom. The smallest absolute Gasteiger partial charge is 0.224 e. The van der Waals surface area contributed by atoms with Gasteiger partial charge < -0.3 is 19.7 Å². The summed E-state index contributed by atoms with van der Waals surface area (Å²) in [5.74, 6) is 1.37. The van der Waals surface area contributed by atoms with Gasteiger partial charge in [0.15, 0.2) is 5.78 Å². The van der Waals surface area contributed by atoms with Crippen molar-refractivity contribution in [3.8, 4) is 11.5 Å². The van der Waals surface area contributed by atoms with Crippen LogP contribution in [0.1, 0.15) is 69.0 Å². The lowest BCUT2D eigenvalue weighted by Gasteiger charge is -2.37. The zero-order valence-electron chi connectivity index (χ0n) is 24.9. The first-order chi connectivity index (χ1) is 20.4. The molecular formula is C35H39N3O4. The van der Waals surface area contributed by atoms with Gasteiger partial charge in [0, 0.05) is 54.5 Å². The van der Waals surface area contributed by atoms with Crippen molar-refractivity contribution in [1.29, 1.82) is 0 Å². The predicted molar refractivity (Wildman–Crippen MR) is 167 cm³/mol. The van der Waals surface area contributed by atoms with Gasteiger partial charge in [0.05, 0.1) is 31.6 Å². The first-order valence-electron chi connectivity index (χ1n) is 14.9. The van der Waals surface area contributed by atoms with E-state index in [2.05, 4.69) is 35.3 Å². The highest BCUT2D eigenvalue weighted by Gasteiger charge is 2.42. The molecule has 3 aliphatic rings. The topological polar surface area (TPSA) is 71.1 Å². The number of hydrogen-bond acceptors (Lipinski definition) is 6. The van der Waals surface area contributed by atoms with E-state index in [-0.39, 0.29) is 17.6 Å². The number of carbonyl (C=O) groups is 2. The molecule has 1 fully saturated rings. The van der Waals surface area contributed by atoms with Crippen LogP contribution in [0.15, 0.2) is 78.0 Å². The van der Waals surface area contributed by atoms with Crippen LogP contribution in [-0.2, 0) is 9.59 Å². The molecule has 3 aromatic carbocycles. The lowest BCUT2D eigenvalue weighted by atomic mass is 9.78. The van der Waals surface area contributed by atoms with Crippen LogP contribution in [0.3, 0.4) is 0 Å². The van der Waals surface area contributed by atoms with Crippen molar-refractivity contribution in [2.24, 2.45) is 0 Å². The number of methoxy groups -OCH3 is 2. The molecule has 1 N–H and O–H groups in total. The van der Waals surface area contributed by atoms with Crippen molar-refractivity contribution < 1.29 is 19.1 Å². The minimum absolute atomic E-state index is 0.0104. The lowest BCUT2D eigenvalue weighted by molar-refractivity contribution is -0.117. The molecule has 1 aliphatic carbocycles. The Balaban J connectivity index is 1.49. The average Bonchev–Trinajstić information content (AvgIpc) is 3.15. The van der Waals surface area contributed by atoms with Gasteiger partial charge in [-0.3, -0.25) is 14.5 Å². The van der Waals surface area contributed by atoms with Gasteiger partial charge in [-0.15, -0.1) is 0 Å². The first kappa shape index (κ1) is 27.9. The van der Waals surface area contributed by atoms with Gasteiger partial charge in [-0.25, -0.2) is 0 Å². The van der Waals surface area contributed by atoms with Gasteiger partial charge in [0.1, 0.15) is 11.5 Å². The fraction of sp³-hybridized carbons (Fsp3) is 0.371. The van der Waals surface area contributed by atoms with Gasteiger partial charge in [-0.1, -0.05) is 30.3 Å². The molecule has 42 heavy (non-hydrogen) atoms. The number of benzene rings is 3. The molecule has 0 spiro atoms. The number of piperidine rings is 1. The monoisotopic (exact) mass is 565 g/mol. The van der Waals surface area contributed by atoms with E-state index in [1.165, 1.54) is 6.42 Å². The van der Waals surface area contributed by atoms with Crippen LogP contribution in [0.4, 0.5) is 17.1 Å². The molecule has 0 saturated carbocycles. The highest BCUT2D eigenvalue weighted by molar-refractivity contribution is 6.06. The van der Waals surface area contributed by atoms with Crippen LogP contribution in [-0.4, -0.2) is 38.5 Å². The van der Waals surface area contributed by atoms with Crippen molar-refractivity contribution in [3.05, 3.63) is 89.1 Å². The number of hydrogen-bond donors (Lipinski definition) is 1. The summed E-state index contributed by atoms with van der Waals surface area (Å²) in [6.45, 7) is 4.84. The number of nitrogens with zero attached hydrogens (tertiary/aromatic N) is 2. The number of nitrogens with one attached hydrogen (secondary N) is 1. The Hall–Kier alpha value is -4.26. The molecule has 218 valence electrons. The van der Waals surface area contributed by atoms with E-state index < -0.39 is 6.04 Å². The third kappa shape index (κ3) is 5.02. The first-order valence-corrected chi connectivity index (χ1v) is 14.9. The number of rotatable bonds is 5. The Kier molecular flexibility index (Phi) is 7.67. The Morgan fingerprint density at radius 3 is 2.45 bits per heavy atom. The molecular weight excluding hydrogens is 526 g/mol. The lowest BCUT2D eigenvalue weighted by Crippen LogP contribution is -2.38. The number of ether oxygens (including phenoxy) is 2. The molecule has 1 saturated heterocycles. The van der Waals surface area contributed by atoms with Crippen molar-refractivity contribution >= 4 is 28.8 Å². The Labute approximate surface area is 248 Å². The number of anilines is 3. The van der Waals surface area contributed by atoms with E-state index >= 15 is 0 Å². The molecule has 0 aromatic heterocycles. The minimum Gasteiger partial charge on any atom is -0.497 e. The fourth-order valence-corrected chi connectivity index (χ4v) is 6.93. The summed E-state index contributed by atoms with van der Waals surface area (Å²) in [6.07, 6.45) is 4.57. The van der Waals surface area contributed by atoms with Gasteiger partial charge >= 0.3 is 0 Å². The van der Waals surface area contributed by atoms with Crippen LogP contribution in [0.2, 0.25) is 0 Å². The summed E-state index contributed by atoms with van der Waals surface area (Å²) in [6, 6.07) is 21.8. The Morgan fingerprint density at radius 1 is 0.952 bits per heavy atom. The predicted octanol–water partition coefficient (Wildman–Crippen LogP) is 7.00. The maximum Gasteiger partial charge on any atom is 0.224 e. The summed E-state index contributed by atoms with van der Waals surface area (Å²) < 4.78 is 11.4. The van der Waals surface area contributed by atoms with Crippen molar-refractivity contribution in [2.45, 2.75) is 64.0 Å². The van der Waals surface area contributed by atoms with Crippen molar-refractivity contribution in [3.63, 3.8) is 0 Å². The maximum atomic E-state index is 14.2. The highest BCUT2D eigenvalue weighted by Crippen LogP contribution is 2.49. The molecule has 0 radical (unpaired) electrons. The van der Waals surface area contributed by atoms with E-state index in [1.54, 1.807) is 26.0 Å². The third-order valence-corrected chi connectivity index (χ3v) is 9.06. The number of amides is 1. The van der Waals surface area contributed by atoms with Crippen LogP contribution >= 0.6 is 0 Å². The standard InChI is InChI=1S/C35H39N3O4/c1-22-9-7-8-18-37(22)26-14-17-28(33(21-26)42-4)35-34-30(36-29-10-5-6-11-31(29)38(35)23(2)39)19-25(20-32(34)40)24-12-15-27(41-3)16-13-24/h5-6,10-17,21-22,25,35-36H,7-9,18-20H2,1-4H3. The number of fused-ring (bicyclic) bond motifs is 1. The highest BCUT2D eigenvalue weighted by atomic mass is 16.5. The van der Waals surface area contributed by atoms with Crippen LogP contribution in [0, 0.1) is 0 Å². The number of carbonyl (C=O) groups excluding carboxylic acids is 2. The largest absolute Gasteiger partial charge is 0.497 e. The molecule has 6 rings (SSSR count). The van der Waals surface area contributed by atoms with Crippen LogP contribution in [0.25, 0.3) is 0 Å². The van der Waals surface area contributed by atoms with Crippen molar-refractivity contribution in [2.75, 3.05) is 35.9 Å². The van der Waals surface area contributed by atoms with Gasteiger partial charge in [-0.2, -0.15) is 0 Å². The summed E-state index contributed by atoms with van der Waals surface area (Å²) in [5.41, 5.74) is 6.04. The Bertz CT molecular complexity index is 1530. The molecule has 7 nitrogen and oxygen atoms in total. The van der Waals surface area contributed by atoms with Crippen LogP contribution in [0.5, 0.6) is 11.5 Å². The molecule has 0 bridgehead atoms. The molecule has 1 amide bonds. The second-order valence-corrected chi connectivity index (χ2v) is 11.6. The molecule has 2 heterocycles. The number of allylic oxidation sites excluding steroid dienone is 1. The average molecular weight is 566 g/mol. The van der Waals surface area contributed by atoms with Gasteiger partial charge in [-0.05, 0) is 74.4 Å². The quantitative estimate of drug-likeness (QED) is 0.359. The molecule has 3 atom stereocenters. The van der Waals surface area contributed by atoms with E-state index in [9.17, 15) is 9.59 Å². The number of ketones is 1. The van der Waals surface area contributed by atoms with Gasteiger partial charge in [0.25, 0.3) is 0 Å². The molecule has 2 aliphatic heterocycles. The maximum absolute atomic E-state index is 14.2. The second-order valence-electron chi connectivity index (χ2n) is 11.6. The molecule has 3 aromatic rings. The number of para-hydroxylation sites is 2. The van der Waals surface area contributed by atoms with Gasteiger partial charge in [0.2, 0.25) is 5.91 Å². The summed E-state index contributed by atoms with van der Waals surface area (Å²) >= 11 is 0. The van der Waals surface area contributed by atoms with Crippen molar-refractivity contribution in [1.82, 2.24) is 0 Å². The minimum atomic E-state index is -0.624. The van der Waals surface area contributed by atoms with E-state index in [4.69, 9.17) is 9.47 Å².